The SMILES string of the molecule is C=C(Nc1cc2nc(-c3cnn(C)c3)ccc2cn1)C1CCC(N)CC1. The van der Waals surface area contributed by atoms with Crippen LogP contribution >= 0.6 is 0 Å². The number of nitrogens with two attached hydrogens (primary N) is 1. The summed E-state index contributed by atoms with van der Waals surface area (Å²) in [6, 6.07) is 6.36. The zero-order chi connectivity index (χ0) is 18.1. The Labute approximate surface area is 153 Å². The largest absolute Gasteiger partial charge is 0.344 e. The standard InChI is InChI=1S/C20H24N6/c1-13(14-3-6-17(21)7-4-14)24-20-9-19-15(10-22-20)5-8-18(25-19)16-11-23-26(2)12-16/h5,8-12,14,17H,1,3-4,6-7,21H2,2H3,(H,22,24). The first-order valence-electron chi connectivity index (χ1n) is 9.06. The summed E-state index contributed by atoms with van der Waals surface area (Å²) in [6.07, 6.45) is 9.93. The first-order valence-corrected chi connectivity index (χ1v) is 9.06. The van der Waals surface area contributed by atoms with E-state index in [1.807, 2.05) is 43.8 Å². The quantitative estimate of drug-likeness (QED) is 0.754. The van der Waals surface area contributed by atoms with Crippen LogP contribution in [0.5, 0.6) is 0 Å². The molecule has 1 aliphatic carbocycles. The van der Waals surface area contributed by atoms with Gasteiger partial charge in [-0.05, 0) is 43.7 Å². The third-order valence-corrected chi connectivity index (χ3v) is 5.13. The van der Waals surface area contributed by atoms with Crippen molar-refractivity contribution in [3.63, 3.8) is 0 Å². The van der Waals surface area contributed by atoms with E-state index in [-0.39, 0.29) is 0 Å². The summed E-state index contributed by atoms with van der Waals surface area (Å²) in [5.74, 6) is 1.25. The van der Waals surface area contributed by atoms with Crippen LogP contribution in [0.25, 0.3) is 22.2 Å². The number of hydrogen-bond donors (Lipinski definition) is 2. The normalized spacial score (nSPS) is 20.2. The van der Waals surface area contributed by atoms with Gasteiger partial charge in [0.1, 0.15) is 5.82 Å². The van der Waals surface area contributed by atoms with Gasteiger partial charge in [0.2, 0.25) is 0 Å². The van der Waals surface area contributed by atoms with E-state index in [0.717, 1.165) is 59.4 Å². The van der Waals surface area contributed by atoms with Crippen molar-refractivity contribution < 1.29 is 0 Å². The first kappa shape index (κ1) is 16.7. The molecular formula is C20H24N6. The van der Waals surface area contributed by atoms with E-state index in [4.69, 9.17) is 10.7 Å². The summed E-state index contributed by atoms with van der Waals surface area (Å²) in [4.78, 5) is 9.28. The van der Waals surface area contributed by atoms with Crippen LogP contribution in [0.4, 0.5) is 5.82 Å². The van der Waals surface area contributed by atoms with Gasteiger partial charge in [0.05, 0.1) is 17.4 Å². The van der Waals surface area contributed by atoms with Gasteiger partial charge in [0.15, 0.2) is 0 Å². The summed E-state index contributed by atoms with van der Waals surface area (Å²) in [5, 5.41) is 8.61. The lowest BCUT2D eigenvalue weighted by Gasteiger charge is -2.27. The predicted molar refractivity (Wildman–Crippen MR) is 104 cm³/mol. The molecule has 3 N–H and O–H groups in total. The zero-order valence-corrected chi connectivity index (χ0v) is 15.0. The van der Waals surface area contributed by atoms with Gasteiger partial charge in [0, 0.05) is 48.2 Å². The van der Waals surface area contributed by atoms with E-state index >= 15 is 0 Å². The van der Waals surface area contributed by atoms with Crippen molar-refractivity contribution in [2.24, 2.45) is 18.7 Å². The molecule has 1 aliphatic rings. The second kappa shape index (κ2) is 6.88. The van der Waals surface area contributed by atoms with Gasteiger partial charge in [-0.1, -0.05) is 6.58 Å². The predicted octanol–water partition coefficient (Wildman–Crippen LogP) is 3.47. The van der Waals surface area contributed by atoms with E-state index in [1.165, 1.54) is 0 Å². The number of aryl methyl sites for hydroxylation is 1. The smallest absolute Gasteiger partial charge is 0.132 e. The Hall–Kier alpha value is -2.73. The fourth-order valence-electron chi connectivity index (χ4n) is 3.53. The molecule has 0 unspecified atom stereocenters. The molecule has 0 saturated heterocycles. The Balaban J connectivity index is 1.55. The van der Waals surface area contributed by atoms with Crippen molar-refractivity contribution >= 4 is 16.7 Å². The van der Waals surface area contributed by atoms with Crippen molar-refractivity contribution in [1.29, 1.82) is 0 Å². The molecule has 6 nitrogen and oxygen atoms in total. The highest BCUT2D eigenvalue weighted by Gasteiger charge is 2.21. The van der Waals surface area contributed by atoms with E-state index in [1.54, 1.807) is 4.68 Å². The van der Waals surface area contributed by atoms with Crippen LogP contribution in [0.3, 0.4) is 0 Å². The summed E-state index contributed by atoms with van der Waals surface area (Å²) in [6.45, 7) is 4.22. The Bertz CT molecular complexity index is 936. The molecule has 0 aliphatic heterocycles. The van der Waals surface area contributed by atoms with Crippen LogP contribution in [-0.4, -0.2) is 25.8 Å². The van der Waals surface area contributed by atoms with Crippen molar-refractivity contribution in [1.82, 2.24) is 19.7 Å². The second-order valence-corrected chi connectivity index (χ2v) is 7.12. The molecule has 3 aromatic rings. The highest BCUT2D eigenvalue weighted by molar-refractivity contribution is 5.82. The molecule has 1 fully saturated rings. The lowest BCUT2D eigenvalue weighted by atomic mass is 9.85. The van der Waals surface area contributed by atoms with Crippen molar-refractivity contribution in [3.8, 4) is 11.3 Å². The van der Waals surface area contributed by atoms with Gasteiger partial charge >= 0.3 is 0 Å². The number of nitrogens with one attached hydrogen (secondary N) is 1. The maximum atomic E-state index is 6.00. The Morgan fingerprint density at radius 3 is 2.77 bits per heavy atom. The molecule has 0 spiro atoms. The van der Waals surface area contributed by atoms with Gasteiger partial charge in [-0.3, -0.25) is 4.68 Å². The second-order valence-electron chi connectivity index (χ2n) is 7.12. The van der Waals surface area contributed by atoms with E-state index in [9.17, 15) is 0 Å². The van der Waals surface area contributed by atoms with Gasteiger partial charge < -0.3 is 11.1 Å². The highest BCUT2D eigenvalue weighted by atomic mass is 15.2. The lowest BCUT2D eigenvalue weighted by Crippen LogP contribution is -2.28. The lowest BCUT2D eigenvalue weighted by molar-refractivity contribution is 0.364. The van der Waals surface area contributed by atoms with Crippen LogP contribution in [0.1, 0.15) is 25.7 Å². The third-order valence-electron chi connectivity index (χ3n) is 5.13. The van der Waals surface area contributed by atoms with Gasteiger partial charge in [-0.25, -0.2) is 9.97 Å². The average molecular weight is 348 g/mol. The topological polar surface area (TPSA) is 81.7 Å². The number of rotatable bonds is 4. The monoisotopic (exact) mass is 348 g/mol. The van der Waals surface area contributed by atoms with Gasteiger partial charge in [-0.15, -0.1) is 0 Å². The molecule has 3 aromatic heterocycles. The van der Waals surface area contributed by atoms with Crippen LogP contribution in [-0.2, 0) is 7.05 Å². The van der Waals surface area contributed by atoms with Crippen molar-refractivity contribution in [2.75, 3.05) is 5.32 Å². The molecule has 0 atom stereocenters. The molecule has 0 amide bonds. The van der Waals surface area contributed by atoms with Crippen LogP contribution < -0.4 is 11.1 Å². The molecule has 0 radical (unpaired) electrons. The molecule has 0 bridgehead atoms. The van der Waals surface area contributed by atoms with Gasteiger partial charge in [0.25, 0.3) is 0 Å². The Morgan fingerprint density at radius 2 is 2.04 bits per heavy atom. The molecule has 4 rings (SSSR count). The molecule has 0 aromatic carbocycles. The number of anilines is 1. The van der Waals surface area contributed by atoms with Crippen LogP contribution in [0.2, 0.25) is 0 Å². The summed E-state index contributed by atoms with van der Waals surface area (Å²) < 4.78 is 1.78. The van der Waals surface area contributed by atoms with Crippen molar-refractivity contribution in [3.05, 3.63) is 49.1 Å². The number of hydrogen-bond acceptors (Lipinski definition) is 5. The van der Waals surface area contributed by atoms with Crippen molar-refractivity contribution in [2.45, 2.75) is 31.7 Å². The maximum Gasteiger partial charge on any atom is 0.132 e. The highest BCUT2D eigenvalue weighted by Crippen LogP contribution is 2.29. The van der Waals surface area contributed by atoms with E-state index < -0.39 is 0 Å². The Kier molecular flexibility index (Phi) is 4.42. The molecule has 6 heteroatoms. The number of pyridine rings is 2. The Morgan fingerprint density at radius 1 is 1.23 bits per heavy atom. The van der Waals surface area contributed by atoms with E-state index in [0.29, 0.717) is 12.0 Å². The third kappa shape index (κ3) is 3.46. The zero-order valence-electron chi connectivity index (χ0n) is 15.0. The minimum Gasteiger partial charge on any atom is -0.344 e. The van der Waals surface area contributed by atoms with Crippen LogP contribution in [0, 0.1) is 5.92 Å². The van der Waals surface area contributed by atoms with Gasteiger partial charge in [-0.2, -0.15) is 5.10 Å². The fraction of sp³-hybridized carbons (Fsp3) is 0.350. The minimum absolute atomic E-state index is 0.341. The molecule has 3 heterocycles. The number of aromatic nitrogens is 4. The molecular weight excluding hydrogens is 324 g/mol. The summed E-state index contributed by atoms with van der Waals surface area (Å²) in [5.41, 5.74) is 9.83. The van der Waals surface area contributed by atoms with E-state index in [2.05, 4.69) is 22.0 Å². The minimum atomic E-state index is 0.341. The summed E-state index contributed by atoms with van der Waals surface area (Å²) in [7, 11) is 1.90. The molecule has 134 valence electrons. The molecule has 26 heavy (non-hydrogen) atoms. The first-order chi connectivity index (χ1) is 12.6. The molecule has 1 saturated carbocycles. The van der Waals surface area contributed by atoms with Crippen LogP contribution in [0.15, 0.2) is 49.1 Å². The average Bonchev–Trinajstić information content (AvgIpc) is 3.08. The fourth-order valence-corrected chi connectivity index (χ4v) is 3.53. The number of allylic oxidation sites excluding steroid dienone is 1. The number of nitrogens with zero attached hydrogens (tertiary/aromatic N) is 4. The summed E-state index contributed by atoms with van der Waals surface area (Å²) >= 11 is 0. The number of fused-ring (bicyclic) bond motifs is 1. The maximum absolute atomic E-state index is 6.00.